The van der Waals surface area contributed by atoms with E-state index >= 15 is 0 Å². The van der Waals surface area contributed by atoms with Gasteiger partial charge >= 0.3 is 0 Å². The molecule has 3 aromatic rings. The molecule has 1 amide bonds. The van der Waals surface area contributed by atoms with Gasteiger partial charge in [0.2, 0.25) is 5.91 Å². The van der Waals surface area contributed by atoms with Crippen molar-refractivity contribution < 1.29 is 4.79 Å². The van der Waals surface area contributed by atoms with Crippen LogP contribution in [0.2, 0.25) is 0 Å². The summed E-state index contributed by atoms with van der Waals surface area (Å²) in [4.78, 5) is 16.4. The zero-order chi connectivity index (χ0) is 17.6. The molecule has 0 fully saturated rings. The van der Waals surface area contributed by atoms with Crippen LogP contribution in [-0.4, -0.2) is 22.0 Å². The van der Waals surface area contributed by atoms with Gasteiger partial charge in [0, 0.05) is 54.4 Å². The number of carbonyl (C=O) groups is 1. The lowest BCUT2D eigenvalue weighted by Crippen LogP contribution is -2.26. The van der Waals surface area contributed by atoms with Crippen molar-refractivity contribution in [1.29, 1.82) is 0 Å². The van der Waals surface area contributed by atoms with E-state index in [1.165, 1.54) is 16.5 Å². The Bertz CT molecular complexity index is 837. The molecule has 3 rings (SSSR count). The van der Waals surface area contributed by atoms with Crippen LogP contribution in [0, 0.1) is 0 Å². The van der Waals surface area contributed by atoms with E-state index in [1.807, 2.05) is 18.2 Å². The van der Waals surface area contributed by atoms with Gasteiger partial charge in [-0.25, -0.2) is 0 Å². The Morgan fingerprint density at radius 2 is 1.92 bits per heavy atom. The molecule has 130 valence electrons. The van der Waals surface area contributed by atoms with Gasteiger partial charge in [-0.05, 0) is 44.0 Å². The molecular formula is C21H25N3O. The van der Waals surface area contributed by atoms with Crippen LogP contribution in [0.25, 0.3) is 10.9 Å². The van der Waals surface area contributed by atoms with Crippen LogP contribution in [0.1, 0.15) is 37.6 Å². The van der Waals surface area contributed by atoms with Crippen LogP contribution >= 0.6 is 0 Å². The summed E-state index contributed by atoms with van der Waals surface area (Å²) in [6.45, 7) is 4.99. The summed E-state index contributed by atoms with van der Waals surface area (Å²) in [5.74, 6) is 0.0947. The minimum atomic E-state index is 0.0947. The molecule has 0 saturated carbocycles. The quantitative estimate of drug-likeness (QED) is 0.711. The number of nitrogens with one attached hydrogen (secondary N) is 1. The monoisotopic (exact) mass is 335 g/mol. The third-order valence-electron chi connectivity index (χ3n) is 4.43. The summed E-state index contributed by atoms with van der Waals surface area (Å²) in [6.07, 6.45) is 6.00. The van der Waals surface area contributed by atoms with Gasteiger partial charge in [-0.1, -0.05) is 24.3 Å². The number of pyridine rings is 1. The normalized spacial score (nSPS) is 11.2. The van der Waals surface area contributed by atoms with Gasteiger partial charge < -0.3 is 9.88 Å². The first kappa shape index (κ1) is 17.2. The molecule has 0 atom stereocenters. The van der Waals surface area contributed by atoms with Gasteiger partial charge in [0.25, 0.3) is 0 Å². The van der Waals surface area contributed by atoms with Gasteiger partial charge in [0.05, 0.1) is 0 Å². The van der Waals surface area contributed by atoms with Crippen LogP contribution in [-0.2, 0) is 17.6 Å². The van der Waals surface area contributed by atoms with Crippen molar-refractivity contribution in [2.75, 3.05) is 6.54 Å². The predicted molar refractivity (Wildman–Crippen MR) is 102 cm³/mol. The fourth-order valence-corrected chi connectivity index (χ4v) is 3.12. The Morgan fingerprint density at radius 3 is 2.68 bits per heavy atom. The molecule has 4 nitrogen and oxygen atoms in total. The molecule has 0 bridgehead atoms. The van der Waals surface area contributed by atoms with Crippen molar-refractivity contribution in [1.82, 2.24) is 14.9 Å². The lowest BCUT2D eigenvalue weighted by atomic mass is 10.1. The second kappa shape index (κ2) is 7.97. The number of nitrogens with zero attached hydrogens (tertiary/aromatic N) is 2. The largest absolute Gasteiger partial charge is 0.356 e. The highest BCUT2D eigenvalue weighted by molar-refractivity contribution is 5.85. The number of rotatable bonds is 7. The van der Waals surface area contributed by atoms with Crippen LogP contribution in [0.15, 0.2) is 54.9 Å². The molecule has 1 aromatic carbocycles. The summed E-state index contributed by atoms with van der Waals surface area (Å²) in [5, 5.41) is 4.24. The SMILES string of the molecule is CC(C)n1cc(CCC(=O)NCCc2ccccn2)c2ccccc21. The van der Waals surface area contributed by atoms with Gasteiger partial charge in [-0.15, -0.1) is 0 Å². The number of hydrogen-bond acceptors (Lipinski definition) is 2. The lowest BCUT2D eigenvalue weighted by molar-refractivity contribution is -0.121. The van der Waals surface area contributed by atoms with Crippen LogP contribution < -0.4 is 5.32 Å². The molecule has 0 aliphatic carbocycles. The Kier molecular flexibility index (Phi) is 5.49. The topological polar surface area (TPSA) is 46.9 Å². The summed E-state index contributed by atoms with van der Waals surface area (Å²) in [5.41, 5.74) is 3.48. The van der Waals surface area contributed by atoms with Crippen molar-refractivity contribution >= 4 is 16.8 Å². The smallest absolute Gasteiger partial charge is 0.220 e. The van der Waals surface area contributed by atoms with E-state index in [0.29, 0.717) is 19.0 Å². The Balaban J connectivity index is 1.56. The molecule has 2 aromatic heterocycles. The number of aromatic nitrogens is 2. The minimum Gasteiger partial charge on any atom is -0.356 e. The Labute approximate surface area is 148 Å². The maximum Gasteiger partial charge on any atom is 0.220 e. The number of carbonyl (C=O) groups excluding carboxylic acids is 1. The molecule has 0 aliphatic rings. The number of fused-ring (bicyclic) bond motifs is 1. The van der Waals surface area contributed by atoms with Crippen molar-refractivity contribution in [3.8, 4) is 0 Å². The Morgan fingerprint density at radius 1 is 1.12 bits per heavy atom. The predicted octanol–water partition coefficient (Wildman–Crippen LogP) is 3.91. The molecule has 0 spiro atoms. The average molecular weight is 335 g/mol. The minimum absolute atomic E-state index is 0.0947. The number of para-hydroxylation sites is 1. The number of aryl methyl sites for hydroxylation is 1. The van der Waals surface area contributed by atoms with Crippen LogP contribution in [0.5, 0.6) is 0 Å². The zero-order valence-corrected chi connectivity index (χ0v) is 14.9. The summed E-state index contributed by atoms with van der Waals surface area (Å²) in [6, 6.07) is 14.7. The highest BCUT2D eigenvalue weighted by atomic mass is 16.1. The third kappa shape index (κ3) is 4.27. The van der Waals surface area contributed by atoms with Gasteiger partial charge in [-0.2, -0.15) is 0 Å². The maximum atomic E-state index is 12.1. The van der Waals surface area contributed by atoms with E-state index in [2.05, 4.69) is 59.2 Å². The molecule has 0 saturated heterocycles. The number of hydrogen-bond donors (Lipinski definition) is 1. The highest BCUT2D eigenvalue weighted by Crippen LogP contribution is 2.25. The second-order valence-corrected chi connectivity index (χ2v) is 6.59. The molecule has 4 heteroatoms. The first-order valence-electron chi connectivity index (χ1n) is 8.90. The fraction of sp³-hybridized carbons (Fsp3) is 0.333. The van der Waals surface area contributed by atoms with Crippen molar-refractivity contribution in [3.05, 3.63) is 66.1 Å². The van der Waals surface area contributed by atoms with Gasteiger partial charge in [0.1, 0.15) is 0 Å². The summed E-state index contributed by atoms with van der Waals surface area (Å²) in [7, 11) is 0. The third-order valence-corrected chi connectivity index (χ3v) is 4.43. The average Bonchev–Trinajstić information content (AvgIpc) is 3.00. The first-order chi connectivity index (χ1) is 12.1. The van der Waals surface area contributed by atoms with Crippen molar-refractivity contribution in [2.24, 2.45) is 0 Å². The molecule has 0 aliphatic heterocycles. The zero-order valence-electron chi connectivity index (χ0n) is 14.9. The molecular weight excluding hydrogens is 310 g/mol. The summed E-state index contributed by atoms with van der Waals surface area (Å²) >= 11 is 0. The van der Waals surface area contributed by atoms with Crippen LogP contribution in [0.3, 0.4) is 0 Å². The summed E-state index contributed by atoms with van der Waals surface area (Å²) < 4.78 is 2.28. The standard InChI is InChI=1S/C21H25N3O/c1-16(2)24-15-17(19-8-3-4-9-20(19)24)10-11-21(25)23-14-12-18-7-5-6-13-22-18/h3-9,13,15-16H,10-12,14H2,1-2H3,(H,23,25). The number of amides is 1. The molecule has 1 N–H and O–H groups in total. The molecule has 0 radical (unpaired) electrons. The fourth-order valence-electron chi connectivity index (χ4n) is 3.12. The number of benzene rings is 1. The van der Waals surface area contributed by atoms with Gasteiger partial charge in [0.15, 0.2) is 0 Å². The molecule has 0 unspecified atom stereocenters. The van der Waals surface area contributed by atoms with E-state index in [0.717, 1.165) is 18.5 Å². The molecule has 25 heavy (non-hydrogen) atoms. The van der Waals surface area contributed by atoms with E-state index in [1.54, 1.807) is 6.20 Å². The highest BCUT2D eigenvalue weighted by Gasteiger charge is 2.11. The van der Waals surface area contributed by atoms with E-state index in [4.69, 9.17) is 0 Å². The lowest BCUT2D eigenvalue weighted by Gasteiger charge is -2.08. The maximum absolute atomic E-state index is 12.1. The first-order valence-corrected chi connectivity index (χ1v) is 8.90. The van der Waals surface area contributed by atoms with E-state index in [9.17, 15) is 4.79 Å². The second-order valence-electron chi connectivity index (χ2n) is 6.59. The van der Waals surface area contributed by atoms with E-state index in [-0.39, 0.29) is 5.91 Å². The van der Waals surface area contributed by atoms with E-state index < -0.39 is 0 Å². The molecule has 2 heterocycles. The van der Waals surface area contributed by atoms with Gasteiger partial charge in [-0.3, -0.25) is 9.78 Å². The van der Waals surface area contributed by atoms with Crippen molar-refractivity contribution in [3.63, 3.8) is 0 Å². The van der Waals surface area contributed by atoms with Crippen LogP contribution in [0.4, 0.5) is 0 Å². The Hall–Kier alpha value is -2.62. The van der Waals surface area contributed by atoms with Crippen molar-refractivity contribution in [2.45, 2.75) is 39.2 Å².